The molecule has 6 nitrogen and oxygen atoms in total. The van der Waals surface area contributed by atoms with Gasteiger partial charge in [-0.15, -0.1) is 0 Å². The van der Waals surface area contributed by atoms with Crippen molar-refractivity contribution in [1.29, 1.82) is 0 Å². The fraction of sp³-hybridized carbons (Fsp3) is 0.458. The number of benzene rings is 2. The highest BCUT2D eigenvalue weighted by atomic mass is 32.2. The Morgan fingerprint density at radius 2 is 1.90 bits per heavy atom. The summed E-state index contributed by atoms with van der Waals surface area (Å²) in [6.07, 6.45) is 4.90. The van der Waals surface area contributed by atoms with Crippen LogP contribution in [-0.2, 0) is 14.8 Å². The maximum atomic E-state index is 12.8. The van der Waals surface area contributed by atoms with Crippen molar-refractivity contribution in [2.24, 2.45) is 17.8 Å². The Labute approximate surface area is 184 Å². The summed E-state index contributed by atoms with van der Waals surface area (Å²) in [5, 5.41) is 2.73. The van der Waals surface area contributed by atoms with Gasteiger partial charge in [0.05, 0.1) is 4.90 Å². The molecule has 31 heavy (non-hydrogen) atoms. The van der Waals surface area contributed by atoms with E-state index < -0.39 is 10.0 Å². The average Bonchev–Trinajstić information content (AvgIpc) is 3.36. The van der Waals surface area contributed by atoms with Crippen LogP contribution in [0.3, 0.4) is 0 Å². The molecule has 0 aromatic heterocycles. The monoisotopic (exact) mass is 442 g/mol. The molecule has 0 heterocycles. The van der Waals surface area contributed by atoms with Gasteiger partial charge in [-0.05, 0) is 92.8 Å². The molecule has 0 radical (unpaired) electrons. The van der Waals surface area contributed by atoms with Crippen molar-refractivity contribution in [3.8, 4) is 5.75 Å². The van der Waals surface area contributed by atoms with Crippen molar-refractivity contribution in [3.05, 3.63) is 54.1 Å². The van der Waals surface area contributed by atoms with Gasteiger partial charge in [-0.3, -0.25) is 4.79 Å². The highest BCUT2D eigenvalue weighted by Crippen LogP contribution is 2.49. The Balaban J connectivity index is 1.31. The van der Waals surface area contributed by atoms with Gasteiger partial charge in [0.2, 0.25) is 10.0 Å². The molecule has 2 N–H and O–H groups in total. The van der Waals surface area contributed by atoms with Gasteiger partial charge >= 0.3 is 0 Å². The van der Waals surface area contributed by atoms with Crippen LogP contribution in [0.15, 0.2) is 53.4 Å². The molecule has 2 saturated carbocycles. The molecule has 2 aromatic carbocycles. The van der Waals surface area contributed by atoms with Gasteiger partial charge in [0, 0.05) is 11.7 Å². The molecule has 1 amide bonds. The largest absolute Gasteiger partial charge is 0.484 e. The van der Waals surface area contributed by atoms with E-state index in [-0.39, 0.29) is 23.5 Å². The number of ether oxygens (including phenoxy) is 1. The third kappa shape index (κ3) is 5.28. The third-order valence-corrected chi connectivity index (χ3v) is 8.16. The number of fused-ring (bicyclic) bond motifs is 2. The Morgan fingerprint density at radius 1 is 1.13 bits per heavy atom. The van der Waals surface area contributed by atoms with E-state index in [0.29, 0.717) is 23.3 Å². The second-order valence-electron chi connectivity index (χ2n) is 8.93. The van der Waals surface area contributed by atoms with Gasteiger partial charge < -0.3 is 10.1 Å². The summed E-state index contributed by atoms with van der Waals surface area (Å²) in [6.45, 7) is 3.81. The zero-order valence-corrected chi connectivity index (χ0v) is 18.8. The van der Waals surface area contributed by atoms with Crippen LogP contribution >= 0.6 is 0 Å². The summed E-state index contributed by atoms with van der Waals surface area (Å²) in [5.74, 6) is 2.19. The van der Waals surface area contributed by atoms with Crippen molar-refractivity contribution in [2.45, 2.75) is 50.5 Å². The summed E-state index contributed by atoms with van der Waals surface area (Å²) in [7, 11) is -3.60. The van der Waals surface area contributed by atoms with Crippen LogP contribution in [0.4, 0.5) is 5.69 Å². The number of hydrogen-bond donors (Lipinski definition) is 2. The summed E-state index contributed by atoms with van der Waals surface area (Å²) in [6, 6.07) is 13.6. The summed E-state index contributed by atoms with van der Waals surface area (Å²) in [5.41, 5.74) is 1.58. The average molecular weight is 443 g/mol. The first-order valence-electron chi connectivity index (χ1n) is 10.9. The van der Waals surface area contributed by atoms with Gasteiger partial charge in [-0.2, -0.15) is 0 Å². The minimum atomic E-state index is -3.60. The second-order valence-corrected chi connectivity index (χ2v) is 10.6. The molecule has 2 aromatic rings. The lowest BCUT2D eigenvalue weighted by molar-refractivity contribution is -0.118. The number of rotatable bonds is 8. The van der Waals surface area contributed by atoms with Crippen LogP contribution in [0.1, 0.15) is 38.2 Å². The number of sulfonamides is 1. The lowest BCUT2D eigenvalue weighted by Crippen LogP contribution is -2.40. The molecule has 0 saturated heterocycles. The Hall–Kier alpha value is -2.38. The van der Waals surface area contributed by atoms with E-state index in [1.807, 2.05) is 32.0 Å². The second kappa shape index (κ2) is 9.01. The first kappa shape index (κ1) is 21.8. The maximum absolute atomic E-state index is 12.8. The van der Waals surface area contributed by atoms with Crippen molar-refractivity contribution in [2.75, 3.05) is 11.9 Å². The molecule has 7 heteroatoms. The molecule has 0 aliphatic heterocycles. The van der Waals surface area contributed by atoms with Gasteiger partial charge in [0.1, 0.15) is 5.75 Å². The molecular formula is C24H30N2O4S. The van der Waals surface area contributed by atoms with Crippen molar-refractivity contribution in [3.63, 3.8) is 0 Å². The van der Waals surface area contributed by atoms with E-state index in [2.05, 4.69) is 10.0 Å². The number of aryl methyl sites for hydroxylation is 1. The SMILES string of the molecule is Cc1cccc(OCC(=O)Nc2ccc(S(=O)(=O)N[C@@H](C)[C@H]3C[C@H]4CC[C@H]3C4)cc2)c1. The fourth-order valence-electron chi connectivity index (χ4n) is 5.07. The van der Waals surface area contributed by atoms with Crippen molar-refractivity contribution >= 4 is 21.6 Å². The third-order valence-electron chi connectivity index (χ3n) is 6.58. The number of amides is 1. The molecule has 4 rings (SSSR count). The van der Waals surface area contributed by atoms with E-state index in [1.165, 1.54) is 31.4 Å². The molecule has 2 bridgehead atoms. The van der Waals surface area contributed by atoms with Gasteiger partial charge in [-0.25, -0.2) is 13.1 Å². The summed E-state index contributed by atoms with van der Waals surface area (Å²) < 4.78 is 34.0. The van der Waals surface area contributed by atoms with Crippen LogP contribution in [0, 0.1) is 24.7 Å². The Morgan fingerprint density at radius 3 is 2.55 bits per heavy atom. The highest BCUT2D eigenvalue weighted by Gasteiger charge is 2.42. The number of hydrogen-bond acceptors (Lipinski definition) is 4. The minimum Gasteiger partial charge on any atom is -0.484 e. The summed E-state index contributed by atoms with van der Waals surface area (Å²) >= 11 is 0. The Bertz CT molecular complexity index is 1040. The predicted octanol–water partition coefficient (Wildman–Crippen LogP) is 4.12. The van der Waals surface area contributed by atoms with Crippen LogP contribution in [-0.4, -0.2) is 27.0 Å². The zero-order valence-electron chi connectivity index (χ0n) is 18.0. The fourth-order valence-corrected chi connectivity index (χ4v) is 6.37. The molecular weight excluding hydrogens is 412 g/mol. The van der Waals surface area contributed by atoms with E-state index in [4.69, 9.17) is 4.74 Å². The van der Waals surface area contributed by atoms with Crippen molar-refractivity contribution in [1.82, 2.24) is 4.72 Å². The topological polar surface area (TPSA) is 84.5 Å². The number of carbonyl (C=O) groups excluding carboxylic acids is 1. The normalized spacial score (nSPS) is 23.5. The first-order chi connectivity index (χ1) is 14.8. The quantitative estimate of drug-likeness (QED) is 0.644. The first-order valence-corrected chi connectivity index (χ1v) is 12.4. The van der Waals surface area contributed by atoms with E-state index in [1.54, 1.807) is 18.2 Å². The van der Waals surface area contributed by atoms with Crippen LogP contribution < -0.4 is 14.8 Å². The molecule has 166 valence electrons. The Kier molecular flexibility index (Phi) is 6.34. The van der Waals surface area contributed by atoms with Gasteiger partial charge in [-0.1, -0.05) is 18.6 Å². The van der Waals surface area contributed by atoms with E-state index in [0.717, 1.165) is 17.9 Å². The number of carbonyl (C=O) groups is 1. The van der Waals surface area contributed by atoms with E-state index >= 15 is 0 Å². The number of anilines is 1. The van der Waals surface area contributed by atoms with Crippen molar-refractivity contribution < 1.29 is 17.9 Å². The molecule has 0 spiro atoms. The summed E-state index contributed by atoms with van der Waals surface area (Å²) in [4.78, 5) is 12.3. The van der Waals surface area contributed by atoms with Crippen LogP contribution in [0.5, 0.6) is 5.75 Å². The molecule has 0 unspecified atom stereocenters. The zero-order chi connectivity index (χ0) is 22.0. The highest BCUT2D eigenvalue weighted by molar-refractivity contribution is 7.89. The van der Waals surface area contributed by atoms with E-state index in [9.17, 15) is 13.2 Å². The smallest absolute Gasteiger partial charge is 0.262 e. The molecule has 2 fully saturated rings. The lowest BCUT2D eigenvalue weighted by atomic mass is 9.84. The molecule has 2 aliphatic rings. The molecule has 2 aliphatic carbocycles. The standard InChI is InChI=1S/C24H30N2O4S/c1-16-4-3-5-21(12-16)30-15-24(27)25-20-8-10-22(11-9-20)31(28,29)26-17(2)23-14-18-6-7-19(23)13-18/h3-5,8-12,17-19,23,26H,6-7,13-15H2,1-2H3,(H,25,27)/t17-,18-,19-,23+/m0/s1. The maximum Gasteiger partial charge on any atom is 0.262 e. The number of nitrogens with one attached hydrogen (secondary N) is 2. The van der Waals surface area contributed by atoms with Crippen LogP contribution in [0.2, 0.25) is 0 Å². The minimum absolute atomic E-state index is 0.0709. The van der Waals surface area contributed by atoms with Gasteiger partial charge in [0.15, 0.2) is 6.61 Å². The van der Waals surface area contributed by atoms with Crippen LogP contribution in [0.25, 0.3) is 0 Å². The lowest BCUT2D eigenvalue weighted by Gasteiger charge is -2.28. The molecule has 4 atom stereocenters. The predicted molar refractivity (Wildman–Crippen MR) is 120 cm³/mol. The van der Waals surface area contributed by atoms with Gasteiger partial charge in [0.25, 0.3) is 5.91 Å².